The number of rotatable bonds is 8. The van der Waals surface area contributed by atoms with E-state index < -0.39 is 0 Å². The van der Waals surface area contributed by atoms with Crippen LogP contribution >= 0.6 is 0 Å². The van der Waals surface area contributed by atoms with Gasteiger partial charge in [0.2, 0.25) is 0 Å². The molecule has 0 amide bonds. The van der Waals surface area contributed by atoms with E-state index in [2.05, 4.69) is 39.8 Å². The van der Waals surface area contributed by atoms with E-state index in [1.165, 1.54) is 11.1 Å². The minimum atomic E-state index is 0. The summed E-state index contributed by atoms with van der Waals surface area (Å²) in [6, 6.07) is 0. The van der Waals surface area contributed by atoms with Crippen molar-refractivity contribution in [1.29, 1.82) is 0 Å². The fourth-order valence-corrected chi connectivity index (χ4v) is 1.58. The van der Waals surface area contributed by atoms with Gasteiger partial charge in [-0.15, -0.1) is 0 Å². The van der Waals surface area contributed by atoms with Crippen molar-refractivity contribution in [2.45, 2.75) is 67.2 Å². The first kappa shape index (κ1) is 26.7. The molecule has 0 aliphatic heterocycles. The van der Waals surface area contributed by atoms with Crippen molar-refractivity contribution in [2.24, 2.45) is 0 Å². The average molecular weight is 360 g/mol. The van der Waals surface area contributed by atoms with Gasteiger partial charge in [0.05, 0.1) is 0 Å². The summed E-state index contributed by atoms with van der Waals surface area (Å²) in [5.41, 5.74) is 4.97. The summed E-state index contributed by atoms with van der Waals surface area (Å²) in [7, 11) is 0. The molecule has 0 aliphatic carbocycles. The van der Waals surface area contributed by atoms with E-state index in [0.29, 0.717) is 0 Å². The second-order valence-electron chi connectivity index (χ2n) is 5.94. The number of carbonyl (C=O) groups is 2. The summed E-state index contributed by atoms with van der Waals surface area (Å²) in [4.78, 5) is 20.0. The first-order valence-electron chi connectivity index (χ1n) is 7.82. The van der Waals surface area contributed by atoms with Crippen LogP contribution in [0.3, 0.4) is 0 Å². The first-order chi connectivity index (χ1) is 10.3. The maximum atomic E-state index is 10.0. The van der Waals surface area contributed by atoms with Gasteiger partial charge < -0.3 is 0 Å². The molecule has 0 atom stereocenters. The zero-order chi connectivity index (χ0) is 17.4. The van der Waals surface area contributed by atoms with Gasteiger partial charge in [0.15, 0.2) is 0 Å². The van der Waals surface area contributed by atoms with Crippen LogP contribution in [-0.4, -0.2) is 12.6 Å². The Hall–Kier alpha value is -1.18. The van der Waals surface area contributed by atoms with Crippen LogP contribution in [0.2, 0.25) is 0 Å². The van der Waals surface area contributed by atoms with Crippen molar-refractivity contribution in [1.82, 2.24) is 0 Å². The molecular formula is C20H32FeO2+2. The van der Waals surface area contributed by atoms with Crippen molar-refractivity contribution >= 4 is 12.6 Å². The monoisotopic (exact) mass is 360 g/mol. The van der Waals surface area contributed by atoms with Gasteiger partial charge in [0, 0.05) is 0 Å². The zero-order valence-electron chi connectivity index (χ0n) is 15.5. The maximum Gasteiger partial charge on any atom is 2.00 e. The number of hydrogen-bond donors (Lipinski definition) is 0. The molecular weight excluding hydrogens is 328 g/mol. The average Bonchev–Trinajstić information content (AvgIpc) is 2.39. The quantitative estimate of drug-likeness (QED) is 0.239. The van der Waals surface area contributed by atoms with Crippen LogP contribution in [0.15, 0.2) is 46.6 Å². The van der Waals surface area contributed by atoms with Crippen LogP contribution in [0, 0.1) is 0 Å². The fraction of sp³-hybridized carbons (Fsp3) is 0.500. The molecule has 0 spiro atoms. The molecule has 0 unspecified atom stereocenters. The van der Waals surface area contributed by atoms with Gasteiger partial charge in [-0.05, 0) is 79.4 Å². The van der Waals surface area contributed by atoms with Crippen molar-refractivity contribution in [3.63, 3.8) is 0 Å². The minimum Gasteiger partial charge on any atom is -0.299 e. The molecule has 0 saturated heterocycles. The zero-order valence-corrected chi connectivity index (χ0v) is 16.6. The van der Waals surface area contributed by atoms with E-state index >= 15 is 0 Å². The summed E-state index contributed by atoms with van der Waals surface area (Å²) in [6.45, 7) is 12.3. The van der Waals surface area contributed by atoms with Gasteiger partial charge >= 0.3 is 17.1 Å². The molecule has 0 aliphatic rings. The maximum absolute atomic E-state index is 10.0. The predicted octanol–water partition coefficient (Wildman–Crippen LogP) is 5.75. The molecule has 0 heterocycles. The van der Waals surface area contributed by atoms with Crippen molar-refractivity contribution in [3.05, 3.63) is 46.6 Å². The normalized spacial score (nSPS) is 10.5. The van der Waals surface area contributed by atoms with Crippen LogP contribution in [-0.2, 0) is 26.7 Å². The number of aldehydes is 2. The molecule has 0 radical (unpaired) electrons. The Morgan fingerprint density at radius 2 is 0.957 bits per heavy atom. The third kappa shape index (κ3) is 26.1. The van der Waals surface area contributed by atoms with E-state index in [4.69, 9.17) is 0 Å². The topological polar surface area (TPSA) is 34.1 Å². The molecule has 3 heteroatoms. The summed E-state index contributed by atoms with van der Waals surface area (Å²) < 4.78 is 0. The van der Waals surface area contributed by atoms with Gasteiger partial charge in [0.1, 0.15) is 12.6 Å². The summed E-state index contributed by atoms with van der Waals surface area (Å²) in [6.07, 6.45) is 13.4. The second-order valence-corrected chi connectivity index (χ2v) is 5.94. The minimum absolute atomic E-state index is 0. The van der Waals surface area contributed by atoms with Crippen LogP contribution in [0.1, 0.15) is 67.2 Å². The van der Waals surface area contributed by atoms with Gasteiger partial charge in [-0.3, -0.25) is 9.59 Å². The van der Waals surface area contributed by atoms with Gasteiger partial charge in [-0.2, -0.15) is 0 Å². The van der Waals surface area contributed by atoms with E-state index in [1.54, 1.807) is 12.2 Å². The largest absolute Gasteiger partial charge is 2.00 e. The fourth-order valence-electron chi connectivity index (χ4n) is 1.58. The molecule has 2 nitrogen and oxygen atoms in total. The van der Waals surface area contributed by atoms with Gasteiger partial charge in [-0.1, -0.05) is 34.4 Å². The molecule has 0 saturated carbocycles. The Morgan fingerprint density at radius 1 is 0.652 bits per heavy atom. The van der Waals surface area contributed by atoms with E-state index in [-0.39, 0.29) is 17.1 Å². The summed E-state index contributed by atoms with van der Waals surface area (Å²) in [5.74, 6) is 0. The summed E-state index contributed by atoms with van der Waals surface area (Å²) >= 11 is 0. The van der Waals surface area contributed by atoms with E-state index in [9.17, 15) is 9.59 Å². The van der Waals surface area contributed by atoms with Crippen molar-refractivity contribution < 1.29 is 26.7 Å². The van der Waals surface area contributed by atoms with Crippen LogP contribution in [0.25, 0.3) is 0 Å². The number of carbonyl (C=O) groups excluding carboxylic acids is 2. The van der Waals surface area contributed by atoms with Crippen LogP contribution in [0.4, 0.5) is 0 Å². The third-order valence-electron chi connectivity index (χ3n) is 2.89. The van der Waals surface area contributed by atoms with E-state index in [1.807, 2.05) is 13.8 Å². The molecule has 0 N–H and O–H groups in total. The summed E-state index contributed by atoms with van der Waals surface area (Å²) in [5, 5.41) is 0. The van der Waals surface area contributed by atoms with Crippen molar-refractivity contribution in [3.8, 4) is 0 Å². The molecule has 0 aromatic heterocycles. The Morgan fingerprint density at radius 3 is 1.17 bits per heavy atom. The smallest absolute Gasteiger partial charge is 0.299 e. The van der Waals surface area contributed by atoms with Crippen LogP contribution < -0.4 is 0 Å². The van der Waals surface area contributed by atoms with Crippen LogP contribution in [0.5, 0.6) is 0 Å². The first-order valence-corrected chi connectivity index (χ1v) is 7.82. The van der Waals surface area contributed by atoms with Crippen molar-refractivity contribution in [2.75, 3.05) is 0 Å². The molecule has 0 bridgehead atoms. The Balaban J connectivity index is -0.000000333. The molecule has 23 heavy (non-hydrogen) atoms. The standard InChI is InChI=1S/2C10H16O.Fe/c2*1-9(2)5-4-6-10(3)7-8-11;/h2*5,7-8H,4,6H2,1-3H3;/q;;+2/b2*10-7-;. The second kappa shape index (κ2) is 18.9. The molecule has 130 valence electrons. The van der Waals surface area contributed by atoms with E-state index in [0.717, 1.165) is 49.4 Å². The number of allylic oxidation sites excluding steroid dienone is 8. The SMILES string of the molecule is CC(C)=CCC/C(C)=C\C=O.CC(C)=CCC/C(C)=C\C=O.[Fe+2]. The van der Waals surface area contributed by atoms with Gasteiger partial charge in [-0.25, -0.2) is 0 Å². The third-order valence-corrected chi connectivity index (χ3v) is 2.89. The molecule has 0 fully saturated rings. The number of hydrogen-bond acceptors (Lipinski definition) is 2. The molecule has 0 aromatic carbocycles. The molecule has 0 aromatic rings. The van der Waals surface area contributed by atoms with Gasteiger partial charge in [0.25, 0.3) is 0 Å². The Labute approximate surface area is 153 Å². The predicted molar refractivity (Wildman–Crippen MR) is 97.0 cm³/mol. The Kier molecular flexibility index (Phi) is 21.9. The Bertz CT molecular complexity index is 391. The molecule has 0 rings (SSSR count).